The minimum absolute atomic E-state index is 0.181. The first-order valence-electron chi connectivity index (χ1n) is 8.16. The molecule has 10 heteroatoms. The molecular formula is C18H15ClN4O5. The van der Waals surface area contributed by atoms with Crippen molar-refractivity contribution in [2.75, 3.05) is 11.9 Å². The zero-order valence-corrected chi connectivity index (χ0v) is 15.4. The molecule has 0 saturated carbocycles. The summed E-state index contributed by atoms with van der Waals surface area (Å²) in [5.41, 5.74) is -1.00. The normalized spacial score (nSPS) is 18.7. The quantitative estimate of drug-likeness (QED) is 0.452. The number of halogens is 1. The van der Waals surface area contributed by atoms with Crippen molar-refractivity contribution in [1.82, 2.24) is 10.2 Å². The third-order valence-electron chi connectivity index (χ3n) is 4.33. The number of benzene rings is 2. The van der Waals surface area contributed by atoms with Gasteiger partial charge in [-0.05, 0) is 19.1 Å². The number of anilines is 1. The van der Waals surface area contributed by atoms with Crippen molar-refractivity contribution in [3.05, 3.63) is 69.2 Å². The van der Waals surface area contributed by atoms with Crippen LogP contribution in [0.25, 0.3) is 0 Å². The number of nitrogens with zero attached hydrogens (tertiary/aromatic N) is 2. The van der Waals surface area contributed by atoms with E-state index in [0.717, 1.165) is 4.90 Å². The van der Waals surface area contributed by atoms with Crippen LogP contribution in [0.1, 0.15) is 12.5 Å². The van der Waals surface area contributed by atoms with Crippen molar-refractivity contribution in [1.29, 1.82) is 0 Å². The van der Waals surface area contributed by atoms with E-state index < -0.39 is 34.9 Å². The average molecular weight is 403 g/mol. The Balaban J connectivity index is 1.76. The first kappa shape index (κ1) is 19.3. The van der Waals surface area contributed by atoms with E-state index in [1.54, 1.807) is 24.3 Å². The summed E-state index contributed by atoms with van der Waals surface area (Å²) in [7, 11) is 0. The van der Waals surface area contributed by atoms with Crippen molar-refractivity contribution < 1.29 is 19.3 Å². The summed E-state index contributed by atoms with van der Waals surface area (Å²) in [6, 6.07) is 11.2. The number of nitrogens with one attached hydrogen (secondary N) is 2. The molecule has 1 atom stereocenters. The Labute approximate surface area is 164 Å². The Hall–Kier alpha value is -3.46. The molecule has 0 aromatic heterocycles. The number of hydrogen-bond donors (Lipinski definition) is 2. The van der Waals surface area contributed by atoms with E-state index in [2.05, 4.69) is 10.6 Å². The fraction of sp³-hybridized carbons (Fsp3) is 0.167. The Morgan fingerprint density at radius 3 is 2.64 bits per heavy atom. The average Bonchev–Trinajstić information content (AvgIpc) is 2.86. The van der Waals surface area contributed by atoms with Gasteiger partial charge < -0.3 is 10.6 Å². The lowest BCUT2D eigenvalue weighted by molar-refractivity contribution is -0.384. The molecule has 0 bridgehead atoms. The number of non-ortho nitro benzene ring substituents is 1. The number of imide groups is 1. The summed E-state index contributed by atoms with van der Waals surface area (Å²) in [5, 5.41) is 16.1. The second-order valence-corrected chi connectivity index (χ2v) is 6.69. The van der Waals surface area contributed by atoms with Gasteiger partial charge in [-0.25, -0.2) is 4.79 Å². The molecule has 0 radical (unpaired) electrons. The van der Waals surface area contributed by atoms with Crippen molar-refractivity contribution in [2.24, 2.45) is 0 Å². The summed E-state index contributed by atoms with van der Waals surface area (Å²) in [4.78, 5) is 48.4. The molecule has 1 aliphatic rings. The van der Waals surface area contributed by atoms with Gasteiger partial charge in [0, 0.05) is 28.4 Å². The van der Waals surface area contributed by atoms with Crippen LogP contribution >= 0.6 is 11.6 Å². The SMILES string of the molecule is C[C@@]1(c2ccccc2Cl)NC(=O)N(CC(=O)Nc2cccc([N+](=O)[O-])c2)C1=O. The van der Waals surface area contributed by atoms with Gasteiger partial charge in [0.1, 0.15) is 12.1 Å². The standard InChI is InChI=1S/C18H15ClN4O5/c1-18(13-7-2-3-8-14(13)19)16(25)22(17(26)21-18)10-15(24)20-11-5-4-6-12(9-11)23(27)28/h2-9H,10H2,1H3,(H,20,24)(H,21,26)/t18-/m0/s1. The van der Waals surface area contributed by atoms with Crippen LogP contribution in [0, 0.1) is 10.1 Å². The third kappa shape index (κ3) is 3.52. The van der Waals surface area contributed by atoms with E-state index >= 15 is 0 Å². The first-order valence-corrected chi connectivity index (χ1v) is 8.53. The topological polar surface area (TPSA) is 122 Å². The van der Waals surface area contributed by atoms with Crippen LogP contribution in [-0.2, 0) is 15.1 Å². The smallest absolute Gasteiger partial charge is 0.324 e. The number of rotatable bonds is 5. The zero-order valence-electron chi connectivity index (χ0n) is 14.6. The van der Waals surface area contributed by atoms with Gasteiger partial charge in [0.15, 0.2) is 0 Å². The highest BCUT2D eigenvalue weighted by molar-refractivity contribution is 6.32. The van der Waals surface area contributed by atoms with E-state index in [1.165, 1.54) is 31.2 Å². The zero-order chi connectivity index (χ0) is 20.5. The van der Waals surface area contributed by atoms with Crippen molar-refractivity contribution in [3.8, 4) is 0 Å². The molecule has 4 amide bonds. The Kier molecular flexibility index (Phi) is 5.02. The van der Waals surface area contributed by atoms with Crippen LogP contribution in [0.5, 0.6) is 0 Å². The van der Waals surface area contributed by atoms with Crippen LogP contribution in [0.15, 0.2) is 48.5 Å². The maximum Gasteiger partial charge on any atom is 0.325 e. The number of amides is 4. The van der Waals surface area contributed by atoms with Crippen LogP contribution in [0.2, 0.25) is 5.02 Å². The van der Waals surface area contributed by atoms with Crippen LogP contribution in [-0.4, -0.2) is 34.2 Å². The molecule has 0 aliphatic carbocycles. The van der Waals surface area contributed by atoms with Crippen LogP contribution in [0.3, 0.4) is 0 Å². The Morgan fingerprint density at radius 2 is 1.96 bits per heavy atom. The van der Waals surface area contributed by atoms with Gasteiger partial charge >= 0.3 is 6.03 Å². The van der Waals surface area contributed by atoms with Crippen LogP contribution in [0.4, 0.5) is 16.2 Å². The van der Waals surface area contributed by atoms with Crippen molar-refractivity contribution in [2.45, 2.75) is 12.5 Å². The van der Waals surface area contributed by atoms with Gasteiger partial charge in [-0.3, -0.25) is 24.6 Å². The van der Waals surface area contributed by atoms with Gasteiger partial charge in [0.25, 0.3) is 11.6 Å². The second-order valence-electron chi connectivity index (χ2n) is 6.28. The van der Waals surface area contributed by atoms with Gasteiger partial charge in [0.2, 0.25) is 5.91 Å². The Bertz CT molecular complexity index is 995. The lowest BCUT2D eigenvalue weighted by Crippen LogP contribution is -2.42. The van der Waals surface area contributed by atoms with E-state index in [4.69, 9.17) is 11.6 Å². The lowest BCUT2D eigenvalue weighted by atomic mass is 9.92. The molecule has 1 fully saturated rings. The fourth-order valence-electron chi connectivity index (χ4n) is 2.93. The molecule has 2 aromatic carbocycles. The number of urea groups is 1. The minimum atomic E-state index is -1.40. The summed E-state index contributed by atoms with van der Waals surface area (Å²) < 4.78 is 0. The minimum Gasteiger partial charge on any atom is -0.324 e. The predicted octanol–water partition coefficient (Wildman–Crippen LogP) is 2.65. The van der Waals surface area contributed by atoms with Gasteiger partial charge in [-0.2, -0.15) is 0 Å². The van der Waals surface area contributed by atoms with E-state index in [9.17, 15) is 24.5 Å². The highest BCUT2D eigenvalue weighted by Crippen LogP contribution is 2.33. The second kappa shape index (κ2) is 7.28. The molecular weight excluding hydrogens is 388 g/mol. The molecule has 1 heterocycles. The fourth-order valence-corrected chi connectivity index (χ4v) is 3.26. The Morgan fingerprint density at radius 1 is 1.25 bits per heavy atom. The molecule has 9 nitrogen and oxygen atoms in total. The highest BCUT2D eigenvalue weighted by Gasteiger charge is 2.50. The largest absolute Gasteiger partial charge is 0.325 e. The molecule has 3 rings (SSSR count). The molecule has 28 heavy (non-hydrogen) atoms. The molecule has 0 spiro atoms. The predicted molar refractivity (Wildman–Crippen MR) is 101 cm³/mol. The molecule has 0 unspecified atom stereocenters. The monoisotopic (exact) mass is 402 g/mol. The molecule has 1 aliphatic heterocycles. The van der Waals surface area contributed by atoms with Gasteiger partial charge in [-0.15, -0.1) is 0 Å². The molecule has 2 N–H and O–H groups in total. The van der Waals surface area contributed by atoms with Gasteiger partial charge in [-0.1, -0.05) is 35.9 Å². The number of nitro groups is 1. The van der Waals surface area contributed by atoms with Gasteiger partial charge in [0.05, 0.1) is 4.92 Å². The molecule has 144 valence electrons. The maximum atomic E-state index is 12.8. The summed E-state index contributed by atoms with van der Waals surface area (Å²) >= 11 is 6.15. The molecule has 1 saturated heterocycles. The van der Waals surface area contributed by atoms with E-state index in [-0.39, 0.29) is 11.4 Å². The number of carbonyl (C=O) groups is 3. The summed E-state index contributed by atoms with van der Waals surface area (Å²) in [6.45, 7) is 0.959. The third-order valence-corrected chi connectivity index (χ3v) is 4.66. The molecule has 2 aromatic rings. The van der Waals surface area contributed by atoms with E-state index in [0.29, 0.717) is 10.6 Å². The number of hydrogen-bond acceptors (Lipinski definition) is 5. The van der Waals surface area contributed by atoms with E-state index in [1.807, 2.05) is 0 Å². The van der Waals surface area contributed by atoms with Crippen molar-refractivity contribution in [3.63, 3.8) is 0 Å². The highest BCUT2D eigenvalue weighted by atomic mass is 35.5. The van der Waals surface area contributed by atoms with Crippen molar-refractivity contribution >= 4 is 40.8 Å². The van der Waals surface area contributed by atoms with Crippen LogP contribution < -0.4 is 10.6 Å². The summed E-state index contributed by atoms with van der Waals surface area (Å²) in [6.07, 6.45) is 0. The summed E-state index contributed by atoms with van der Waals surface area (Å²) in [5.74, 6) is -1.30. The maximum absolute atomic E-state index is 12.8. The first-order chi connectivity index (χ1) is 13.2. The number of nitro benzene ring substituents is 1. The lowest BCUT2D eigenvalue weighted by Gasteiger charge is -2.23. The number of carbonyl (C=O) groups excluding carboxylic acids is 3.